The predicted octanol–water partition coefficient (Wildman–Crippen LogP) is 1.93. The number of sulfonamides is 1. The van der Waals surface area contributed by atoms with Crippen LogP contribution in [0.5, 0.6) is 5.75 Å². The molecule has 0 unspecified atom stereocenters. The molecule has 100 valence electrons. The van der Waals surface area contributed by atoms with Crippen molar-refractivity contribution >= 4 is 10.0 Å². The minimum Gasteiger partial charge on any atom is -0.489 e. The summed E-state index contributed by atoms with van der Waals surface area (Å²) in [5.41, 5.74) is 1.02. The molecule has 0 saturated carbocycles. The smallest absolute Gasteiger partial charge is 0.262 e. The summed E-state index contributed by atoms with van der Waals surface area (Å²) >= 11 is 0. The maximum atomic E-state index is 11.3. The summed E-state index contributed by atoms with van der Waals surface area (Å²) in [4.78, 5) is 1.24. The van der Waals surface area contributed by atoms with Gasteiger partial charge in [0.2, 0.25) is 0 Å². The van der Waals surface area contributed by atoms with Gasteiger partial charge in [0.1, 0.15) is 12.4 Å². The first-order valence-corrected chi connectivity index (χ1v) is 7.03. The van der Waals surface area contributed by atoms with Crippen LogP contribution in [0.15, 0.2) is 59.5 Å². The van der Waals surface area contributed by atoms with E-state index in [1.54, 1.807) is 0 Å². The molecule has 5 nitrogen and oxygen atoms in total. The Morgan fingerprint density at radius 1 is 1.00 bits per heavy atom. The summed E-state index contributed by atoms with van der Waals surface area (Å²) in [5.74, 6) is 0.556. The molecule has 0 aliphatic rings. The van der Waals surface area contributed by atoms with Gasteiger partial charge in [0.05, 0.1) is 4.90 Å². The Morgan fingerprint density at radius 3 is 2.21 bits per heavy atom. The SMILES string of the molecule is O=S(=O)(NO)c1ccc(OCc2ccccc2)cc1. The van der Waals surface area contributed by atoms with E-state index < -0.39 is 10.0 Å². The monoisotopic (exact) mass is 279 g/mol. The fourth-order valence-corrected chi connectivity index (χ4v) is 2.11. The van der Waals surface area contributed by atoms with Crippen molar-refractivity contribution in [1.82, 2.24) is 4.89 Å². The van der Waals surface area contributed by atoms with E-state index in [0.717, 1.165) is 5.56 Å². The highest BCUT2D eigenvalue weighted by molar-refractivity contribution is 7.89. The van der Waals surface area contributed by atoms with Gasteiger partial charge >= 0.3 is 0 Å². The summed E-state index contributed by atoms with van der Waals surface area (Å²) in [6.07, 6.45) is 0. The fraction of sp³-hybridized carbons (Fsp3) is 0.0769. The molecular formula is C13H13NO4S. The van der Waals surface area contributed by atoms with Gasteiger partial charge in [-0.3, -0.25) is 0 Å². The molecule has 0 bridgehead atoms. The fourth-order valence-electron chi connectivity index (χ4n) is 1.51. The van der Waals surface area contributed by atoms with E-state index in [9.17, 15) is 8.42 Å². The maximum Gasteiger partial charge on any atom is 0.262 e. The lowest BCUT2D eigenvalue weighted by Crippen LogP contribution is -2.19. The van der Waals surface area contributed by atoms with Crippen molar-refractivity contribution in [3.63, 3.8) is 0 Å². The maximum absolute atomic E-state index is 11.3. The third kappa shape index (κ3) is 3.54. The summed E-state index contributed by atoms with van der Waals surface area (Å²) in [6, 6.07) is 15.4. The van der Waals surface area contributed by atoms with Crippen LogP contribution in [0.25, 0.3) is 0 Å². The molecule has 0 radical (unpaired) electrons. The van der Waals surface area contributed by atoms with E-state index in [2.05, 4.69) is 0 Å². The quantitative estimate of drug-likeness (QED) is 0.820. The van der Waals surface area contributed by atoms with Crippen LogP contribution in [-0.4, -0.2) is 13.6 Å². The lowest BCUT2D eigenvalue weighted by molar-refractivity contribution is 0.242. The average molecular weight is 279 g/mol. The molecule has 19 heavy (non-hydrogen) atoms. The minimum absolute atomic E-state index is 0.0259. The van der Waals surface area contributed by atoms with E-state index in [4.69, 9.17) is 9.94 Å². The van der Waals surface area contributed by atoms with E-state index >= 15 is 0 Å². The van der Waals surface area contributed by atoms with Gasteiger partial charge in [0.15, 0.2) is 0 Å². The van der Waals surface area contributed by atoms with E-state index in [-0.39, 0.29) is 4.90 Å². The second-order valence-electron chi connectivity index (χ2n) is 3.84. The van der Waals surface area contributed by atoms with Crippen LogP contribution in [0.1, 0.15) is 5.56 Å². The molecule has 0 aliphatic carbocycles. The molecule has 0 amide bonds. The third-order valence-electron chi connectivity index (χ3n) is 2.50. The van der Waals surface area contributed by atoms with Crippen LogP contribution >= 0.6 is 0 Å². The van der Waals surface area contributed by atoms with E-state index in [0.29, 0.717) is 12.4 Å². The number of hydrogen-bond donors (Lipinski definition) is 2. The van der Waals surface area contributed by atoms with Crippen molar-refractivity contribution in [3.05, 3.63) is 60.2 Å². The number of benzene rings is 2. The summed E-state index contributed by atoms with van der Waals surface area (Å²) in [7, 11) is -3.83. The molecular weight excluding hydrogens is 266 g/mol. The zero-order valence-electron chi connectivity index (χ0n) is 9.98. The van der Waals surface area contributed by atoms with Crippen LogP contribution in [0, 0.1) is 0 Å². The van der Waals surface area contributed by atoms with Crippen LogP contribution in [0.4, 0.5) is 0 Å². The Hall–Kier alpha value is -1.89. The van der Waals surface area contributed by atoms with Crippen LogP contribution < -0.4 is 9.62 Å². The Bertz CT molecular complexity index is 623. The number of ether oxygens (including phenoxy) is 1. The van der Waals surface area contributed by atoms with Crippen molar-refractivity contribution in [1.29, 1.82) is 0 Å². The zero-order valence-corrected chi connectivity index (χ0v) is 10.8. The van der Waals surface area contributed by atoms with Gasteiger partial charge in [-0.05, 0) is 29.8 Å². The molecule has 2 N–H and O–H groups in total. The highest BCUT2D eigenvalue weighted by Crippen LogP contribution is 2.16. The molecule has 2 aromatic carbocycles. The lowest BCUT2D eigenvalue weighted by atomic mass is 10.2. The molecule has 0 heterocycles. The van der Waals surface area contributed by atoms with Gasteiger partial charge < -0.3 is 9.94 Å². The van der Waals surface area contributed by atoms with Crippen LogP contribution in [0.2, 0.25) is 0 Å². The number of nitrogens with one attached hydrogen (secondary N) is 1. The molecule has 6 heteroatoms. The average Bonchev–Trinajstić information content (AvgIpc) is 2.47. The molecule has 0 spiro atoms. The normalized spacial score (nSPS) is 11.2. The molecule has 0 fully saturated rings. The zero-order chi connectivity index (χ0) is 13.7. The van der Waals surface area contributed by atoms with Crippen molar-refractivity contribution < 1.29 is 18.4 Å². The highest BCUT2D eigenvalue weighted by atomic mass is 32.2. The van der Waals surface area contributed by atoms with Gasteiger partial charge in [-0.25, -0.2) is 8.42 Å². The van der Waals surface area contributed by atoms with Crippen molar-refractivity contribution in [3.8, 4) is 5.75 Å². The molecule has 0 atom stereocenters. The molecule has 2 aromatic rings. The first kappa shape index (κ1) is 13.5. The van der Waals surface area contributed by atoms with Crippen LogP contribution in [-0.2, 0) is 16.6 Å². The Balaban J connectivity index is 2.04. The molecule has 0 saturated heterocycles. The Labute approximate surface area is 111 Å². The van der Waals surface area contributed by atoms with E-state index in [1.807, 2.05) is 30.3 Å². The predicted molar refractivity (Wildman–Crippen MR) is 69.3 cm³/mol. The first-order chi connectivity index (χ1) is 9.12. The third-order valence-corrected chi connectivity index (χ3v) is 3.64. The first-order valence-electron chi connectivity index (χ1n) is 5.54. The van der Waals surface area contributed by atoms with Gasteiger partial charge in [0, 0.05) is 0 Å². The van der Waals surface area contributed by atoms with Gasteiger partial charge in [-0.15, -0.1) is 0 Å². The summed E-state index contributed by atoms with van der Waals surface area (Å²) in [5, 5.41) is 8.50. The Kier molecular flexibility index (Phi) is 4.16. The van der Waals surface area contributed by atoms with Crippen molar-refractivity contribution in [2.45, 2.75) is 11.5 Å². The second kappa shape index (κ2) is 5.83. The largest absolute Gasteiger partial charge is 0.489 e. The van der Waals surface area contributed by atoms with Gasteiger partial charge in [0.25, 0.3) is 10.0 Å². The second-order valence-corrected chi connectivity index (χ2v) is 5.50. The highest BCUT2D eigenvalue weighted by Gasteiger charge is 2.11. The Morgan fingerprint density at radius 2 is 1.63 bits per heavy atom. The lowest BCUT2D eigenvalue weighted by Gasteiger charge is -2.07. The standard InChI is InChI=1S/C13H13NO4S/c15-14-19(16,17)13-8-6-12(7-9-13)18-10-11-4-2-1-3-5-11/h1-9,14-15H,10H2. The molecule has 0 aliphatic heterocycles. The molecule has 2 rings (SSSR count). The van der Waals surface area contributed by atoms with Gasteiger partial charge in [-0.2, -0.15) is 0 Å². The summed E-state index contributed by atoms with van der Waals surface area (Å²) in [6.45, 7) is 0.408. The number of hydrogen-bond acceptors (Lipinski definition) is 4. The van der Waals surface area contributed by atoms with Crippen molar-refractivity contribution in [2.24, 2.45) is 0 Å². The summed E-state index contributed by atoms with van der Waals surface area (Å²) < 4.78 is 28.1. The van der Waals surface area contributed by atoms with Crippen LogP contribution in [0.3, 0.4) is 0 Å². The molecule has 0 aromatic heterocycles. The minimum atomic E-state index is -3.83. The number of rotatable bonds is 5. The van der Waals surface area contributed by atoms with Crippen molar-refractivity contribution in [2.75, 3.05) is 0 Å². The van der Waals surface area contributed by atoms with Gasteiger partial charge in [-0.1, -0.05) is 35.2 Å². The van der Waals surface area contributed by atoms with E-state index in [1.165, 1.54) is 29.2 Å². The topological polar surface area (TPSA) is 75.6 Å².